The molecule has 1 unspecified atom stereocenters. The minimum absolute atomic E-state index is 0.0615. The average molecular weight is 541 g/mol. The molecule has 5 aromatic rings. The number of amides is 1. The molecule has 1 atom stereocenters. The van der Waals surface area contributed by atoms with E-state index < -0.39 is 18.1 Å². The number of nitrogens with one attached hydrogen (secondary N) is 1. The number of ether oxygens (including phenoxy) is 2. The summed E-state index contributed by atoms with van der Waals surface area (Å²) in [7, 11) is 0. The Kier molecular flexibility index (Phi) is 7.79. The van der Waals surface area contributed by atoms with Gasteiger partial charge >= 0.3 is 12.1 Å². The fraction of sp³-hybridized carbons (Fsp3) is 0.133. The predicted octanol–water partition coefficient (Wildman–Crippen LogP) is 5.67. The number of carbonyl (C=O) groups is 2. The molecule has 3 aromatic carbocycles. The van der Waals surface area contributed by atoms with Crippen LogP contribution in [0.5, 0.6) is 5.75 Å². The van der Waals surface area contributed by atoms with E-state index >= 15 is 0 Å². The van der Waals surface area contributed by atoms with Crippen LogP contribution in [0, 0.1) is 6.92 Å². The summed E-state index contributed by atoms with van der Waals surface area (Å²) in [6.07, 6.45) is 0.808. The summed E-state index contributed by atoms with van der Waals surface area (Å²) in [5.74, 6) is -0.516. The van der Waals surface area contributed by atoms with Gasteiger partial charge in [-0.1, -0.05) is 60.7 Å². The van der Waals surface area contributed by atoms with Crippen LogP contribution in [0.4, 0.5) is 4.79 Å². The molecule has 0 fully saturated rings. The van der Waals surface area contributed by atoms with E-state index in [0.29, 0.717) is 16.0 Å². The van der Waals surface area contributed by atoms with Crippen molar-refractivity contribution in [2.24, 2.45) is 0 Å². The minimum atomic E-state index is -1.02. The van der Waals surface area contributed by atoms with Gasteiger partial charge in [0, 0.05) is 23.6 Å². The van der Waals surface area contributed by atoms with Crippen molar-refractivity contribution in [1.29, 1.82) is 0 Å². The molecule has 2 heterocycles. The first-order valence-electron chi connectivity index (χ1n) is 12.2. The van der Waals surface area contributed by atoms with E-state index in [1.54, 1.807) is 6.07 Å². The van der Waals surface area contributed by atoms with E-state index in [4.69, 9.17) is 13.9 Å². The first-order valence-corrected chi connectivity index (χ1v) is 13.0. The van der Waals surface area contributed by atoms with Crippen molar-refractivity contribution in [3.05, 3.63) is 118 Å². The molecule has 0 saturated carbocycles. The van der Waals surface area contributed by atoms with Crippen LogP contribution in [0.1, 0.15) is 16.8 Å². The summed E-state index contributed by atoms with van der Waals surface area (Å²) < 4.78 is 16.6. The van der Waals surface area contributed by atoms with Crippen LogP contribution in [0.3, 0.4) is 0 Å². The Hall–Kier alpha value is -4.76. The lowest BCUT2D eigenvalue weighted by atomic mass is 10.1. The van der Waals surface area contributed by atoms with Gasteiger partial charge in [0.25, 0.3) is 0 Å². The Morgan fingerprint density at radius 2 is 1.72 bits per heavy atom. The van der Waals surface area contributed by atoms with E-state index in [0.717, 1.165) is 16.8 Å². The first-order chi connectivity index (χ1) is 19.0. The van der Waals surface area contributed by atoms with Crippen LogP contribution in [0.15, 0.2) is 99.7 Å². The summed E-state index contributed by atoms with van der Waals surface area (Å²) >= 11 is 1.36. The molecule has 1 amide bonds. The summed E-state index contributed by atoms with van der Waals surface area (Å²) in [4.78, 5) is 43.1. The molecule has 196 valence electrons. The van der Waals surface area contributed by atoms with Gasteiger partial charge in [0.1, 0.15) is 35.3 Å². The average Bonchev–Trinajstić information content (AvgIpc) is 3.38. The Morgan fingerprint density at radius 1 is 1.00 bits per heavy atom. The molecule has 39 heavy (non-hydrogen) atoms. The Morgan fingerprint density at radius 3 is 2.41 bits per heavy atom. The van der Waals surface area contributed by atoms with Crippen LogP contribution in [0.2, 0.25) is 0 Å². The molecule has 0 radical (unpaired) electrons. The number of nitrogens with zero attached hydrogens (tertiary/aromatic N) is 1. The molecule has 0 aliphatic rings. The second kappa shape index (κ2) is 11.7. The van der Waals surface area contributed by atoms with Crippen molar-refractivity contribution >= 4 is 34.4 Å². The maximum atomic E-state index is 13.2. The fourth-order valence-corrected chi connectivity index (χ4v) is 4.73. The van der Waals surface area contributed by atoms with Crippen molar-refractivity contribution in [3.63, 3.8) is 0 Å². The largest absolute Gasteiger partial charge is 0.463 e. The highest BCUT2D eigenvalue weighted by molar-refractivity contribution is 7.13. The summed E-state index contributed by atoms with van der Waals surface area (Å²) in [5, 5.41) is 5.39. The number of esters is 1. The van der Waals surface area contributed by atoms with E-state index in [9.17, 15) is 14.4 Å². The van der Waals surface area contributed by atoms with Crippen LogP contribution >= 0.6 is 11.3 Å². The predicted molar refractivity (Wildman–Crippen MR) is 148 cm³/mol. The number of thiazole rings is 1. The van der Waals surface area contributed by atoms with Gasteiger partial charge in [-0.15, -0.1) is 11.3 Å². The van der Waals surface area contributed by atoms with Gasteiger partial charge in [-0.3, -0.25) is 4.79 Å². The number of carbonyl (C=O) groups excluding carboxylic acids is 2. The van der Waals surface area contributed by atoms with Gasteiger partial charge in [-0.2, -0.15) is 0 Å². The van der Waals surface area contributed by atoms with Crippen LogP contribution < -0.4 is 15.5 Å². The third kappa shape index (κ3) is 6.39. The van der Waals surface area contributed by atoms with Gasteiger partial charge in [0.05, 0.1) is 10.9 Å². The number of rotatable bonds is 8. The molecule has 0 aliphatic heterocycles. The Labute approximate surface area is 227 Å². The maximum Gasteiger partial charge on any atom is 0.408 e. The van der Waals surface area contributed by atoms with Crippen LogP contribution in [-0.2, 0) is 22.6 Å². The number of aromatic nitrogens is 1. The Balaban J connectivity index is 1.32. The van der Waals surface area contributed by atoms with Crippen molar-refractivity contribution in [1.82, 2.24) is 10.3 Å². The zero-order valence-corrected chi connectivity index (χ0v) is 21.8. The molecular formula is C30H24N2O6S. The number of fused-ring (bicyclic) bond motifs is 1. The number of hydrogen-bond acceptors (Lipinski definition) is 8. The van der Waals surface area contributed by atoms with Crippen molar-refractivity contribution in [2.45, 2.75) is 26.0 Å². The smallest absolute Gasteiger partial charge is 0.408 e. The lowest BCUT2D eigenvalue weighted by molar-refractivity contribution is -0.136. The zero-order valence-electron chi connectivity index (χ0n) is 21.0. The van der Waals surface area contributed by atoms with Gasteiger partial charge in [-0.05, 0) is 30.2 Å². The molecule has 9 heteroatoms. The normalized spacial score (nSPS) is 11.6. The molecule has 1 N–H and O–H groups in total. The third-order valence-electron chi connectivity index (χ3n) is 5.89. The molecular weight excluding hydrogens is 516 g/mol. The molecule has 0 aliphatic carbocycles. The maximum absolute atomic E-state index is 13.2. The lowest BCUT2D eigenvalue weighted by Crippen LogP contribution is -2.44. The lowest BCUT2D eigenvalue weighted by Gasteiger charge is -2.18. The highest BCUT2D eigenvalue weighted by atomic mass is 32.1. The van der Waals surface area contributed by atoms with E-state index in [1.807, 2.05) is 73.0 Å². The monoisotopic (exact) mass is 540 g/mol. The minimum Gasteiger partial charge on any atom is -0.463 e. The number of hydrogen-bond donors (Lipinski definition) is 1. The Bertz CT molecular complexity index is 1660. The topological polar surface area (TPSA) is 108 Å². The van der Waals surface area contributed by atoms with Gasteiger partial charge in [-0.25, -0.2) is 14.6 Å². The van der Waals surface area contributed by atoms with Gasteiger partial charge in [0.15, 0.2) is 0 Å². The van der Waals surface area contributed by atoms with Gasteiger partial charge in [0.2, 0.25) is 5.43 Å². The molecule has 8 nitrogen and oxygen atoms in total. The molecule has 0 bridgehead atoms. The number of alkyl carbamates (subject to hydrolysis) is 1. The van der Waals surface area contributed by atoms with E-state index in [-0.39, 0.29) is 29.8 Å². The zero-order chi connectivity index (χ0) is 27.2. The fourth-order valence-electron chi connectivity index (χ4n) is 3.93. The molecule has 5 rings (SSSR count). The summed E-state index contributed by atoms with van der Waals surface area (Å²) in [5.41, 5.74) is 2.87. The van der Waals surface area contributed by atoms with Gasteiger partial charge < -0.3 is 19.2 Å². The van der Waals surface area contributed by atoms with Crippen molar-refractivity contribution < 1.29 is 23.5 Å². The van der Waals surface area contributed by atoms with Crippen molar-refractivity contribution in [2.75, 3.05) is 0 Å². The summed E-state index contributed by atoms with van der Waals surface area (Å²) in [6, 6.07) is 22.0. The van der Waals surface area contributed by atoms with E-state index in [1.165, 1.54) is 29.7 Å². The van der Waals surface area contributed by atoms with Crippen LogP contribution in [-0.4, -0.2) is 23.1 Å². The highest BCUT2D eigenvalue weighted by Gasteiger charge is 2.25. The number of benzene rings is 3. The standard InChI is InChI=1S/C30H24N2O6S/c1-19-18-39-28(31-19)24-17-36-26-15-22(12-13-23(26)27(24)33)38-29(34)25(14-20-8-4-2-5-9-20)32-30(35)37-16-21-10-6-3-7-11-21/h2-13,15,17-18,25H,14,16H2,1H3,(H,32,35). The first kappa shape index (κ1) is 25.9. The molecule has 0 spiro atoms. The third-order valence-corrected chi connectivity index (χ3v) is 6.88. The second-order valence-corrected chi connectivity index (χ2v) is 9.66. The SMILES string of the molecule is Cc1csc(-c2coc3cc(OC(=O)C(Cc4ccccc4)NC(=O)OCc4ccccc4)ccc3c2=O)n1. The second-order valence-electron chi connectivity index (χ2n) is 8.80. The quantitative estimate of drug-likeness (QED) is 0.200. The number of aryl methyl sites for hydroxylation is 1. The molecule has 2 aromatic heterocycles. The molecule has 0 saturated heterocycles. The highest BCUT2D eigenvalue weighted by Crippen LogP contribution is 2.25. The van der Waals surface area contributed by atoms with Crippen LogP contribution in [0.25, 0.3) is 21.5 Å². The van der Waals surface area contributed by atoms with Crippen molar-refractivity contribution in [3.8, 4) is 16.3 Å². The van der Waals surface area contributed by atoms with E-state index in [2.05, 4.69) is 10.3 Å². The summed E-state index contributed by atoms with van der Waals surface area (Å²) in [6.45, 7) is 1.91.